The maximum atomic E-state index is 13.3. The fourth-order valence-corrected chi connectivity index (χ4v) is 6.94. The summed E-state index contributed by atoms with van der Waals surface area (Å²) in [5, 5.41) is 5.18. The van der Waals surface area contributed by atoms with Crippen LogP contribution in [-0.4, -0.2) is 35.0 Å². The minimum absolute atomic E-state index is 0.0958. The number of fused-ring (bicyclic) bond motifs is 2. The first-order valence-corrected chi connectivity index (χ1v) is 14.0. The van der Waals surface area contributed by atoms with Crippen molar-refractivity contribution < 1.29 is 16.8 Å². The van der Waals surface area contributed by atoms with Crippen molar-refractivity contribution in [3.63, 3.8) is 0 Å². The molecule has 6 aromatic rings. The van der Waals surface area contributed by atoms with E-state index in [-0.39, 0.29) is 15.4 Å². The normalized spacial score (nSPS) is 12.3. The van der Waals surface area contributed by atoms with E-state index in [4.69, 9.17) is 5.73 Å². The summed E-state index contributed by atoms with van der Waals surface area (Å²) in [6.45, 7) is 0. The molecule has 0 radical (unpaired) electrons. The molecule has 0 unspecified atom stereocenters. The molecule has 3 aromatic carbocycles. The third-order valence-electron chi connectivity index (χ3n) is 6.12. The largest absolute Gasteiger partial charge is 0.398 e. The van der Waals surface area contributed by atoms with E-state index < -0.39 is 20.0 Å². The van der Waals surface area contributed by atoms with Gasteiger partial charge in [-0.25, -0.2) is 17.4 Å². The summed E-state index contributed by atoms with van der Waals surface area (Å²) in [4.78, 5) is 4.56. The van der Waals surface area contributed by atoms with Crippen molar-refractivity contribution in [2.24, 2.45) is 0 Å². The van der Waals surface area contributed by atoms with Crippen molar-refractivity contribution in [2.75, 3.05) is 5.73 Å². The van der Waals surface area contributed by atoms with Crippen LogP contribution in [0.2, 0.25) is 0 Å². The molecule has 0 bridgehead atoms. The highest BCUT2D eigenvalue weighted by molar-refractivity contribution is 7.90. The van der Waals surface area contributed by atoms with Gasteiger partial charge in [-0.3, -0.25) is 0 Å². The third kappa shape index (κ3) is 3.59. The predicted molar refractivity (Wildman–Crippen MR) is 141 cm³/mol. The van der Waals surface area contributed by atoms with Gasteiger partial charge in [0.05, 0.1) is 21.5 Å². The Morgan fingerprint density at radius 2 is 1.38 bits per heavy atom. The van der Waals surface area contributed by atoms with Crippen molar-refractivity contribution in [1.29, 1.82) is 0 Å². The van der Waals surface area contributed by atoms with Gasteiger partial charge in [0.15, 0.2) is 5.65 Å². The van der Waals surface area contributed by atoms with E-state index in [9.17, 15) is 16.8 Å². The molecule has 0 saturated carbocycles. The minimum atomic E-state index is -3.97. The quantitative estimate of drug-likeness (QED) is 0.333. The summed E-state index contributed by atoms with van der Waals surface area (Å²) in [6, 6.07) is 22.9. The Kier molecular flexibility index (Phi) is 5.14. The Hall–Kier alpha value is -4.48. The van der Waals surface area contributed by atoms with Crippen LogP contribution >= 0.6 is 0 Å². The second kappa shape index (κ2) is 8.29. The molecule has 2 N–H and O–H groups in total. The number of pyridine rings is 1. The zero-order valence-corrected chi connectivity index (χ0v) is 20.8. The van der Waals surface area contributed by atoms with Crippen molar-refractivity contribution in [1.82, 2.24) is 18.1 Å². The van der Waals surface area contributed by atoms with E-state index in [0.717, 1.165) is 8.06 Å². The molecule has 0 aliphatic carbocycles. The fraction of sp³-hybridized carbons (Fsp3) is 0. The van der Waals surface area contributed by atoms with Crippen LogP contribution in [0.3, 0.4) is 0 Å². The smallest absolute Gasteiger partial charge is 0.283 e. The van der Waals surface area contributed by atoms with E-state index in [1.54, 1.807) is 60.7 Å². The molecule has 3 heterocycles. The average Bonchev–Trinajstić information content (AvgIpc) is 3.55. The maximum Gasteiger partial charge on any atom is 0.283 e. The maximum absolute atomic E-state index is 13.3. The van der Waals surface area contributed by atoms with E-state index >= 15 is 0 Å². The molecule has 37 heavy (non-hydrogen) atoms. The SMILES string of the molecule is Nc1cc(-c2ccnc3c2ccn3S(=O)(=O)c2ccccc2)cc2c1cnn2S(=O)(=O)c1ccccc1. The number of hydrogen-bond acceptors (Lipinski definition) is 7. The van der Waals surface area contributed by atoms with Crippen LogP contribution in [0.15, 0.2) is 113 Å². The molecule has 184 valence electrons. The fourth-order valence-electron chi connectivity index (χ4n) is 4.34. The number of hydrogen-bond donors (Lipinski definition) is 1. The second-order valence-electron chi connectivity index (χ2n) is 8.33. The topological polar surface area (TPSA) is 130 Å². The van der Waals surface area contributed by atoms with Crippen LogP contribution in [0.1, 0.15) is 0 Å². The first-order chi connectivity index (χ1) is 17.8. The van der Waals surface area contributed by atoms with Crippen LogP contribution in [0.5, 0.6) is 0 Å². The van der Waals surface area contributed by atoms with Gasteiger partial charge in [-0.1, -0.05) is 36.4 Å². The molecular formula is C26H19N5O4S2. The molecule has 0 saturated heterocycles. The van der Waals surface area contributed by atoms with Crippen LogP contribution in [-0.2, 0) is 20.0 Å². The summed E-state index contributed by atoms with van der Waals surface area (Å²) >= 11 is 0. The lowest BCUT2D eigenvalue weighted by Crippen LogP contribution is -2.14. The van der Waals surface area contributed by atoms with Crippen LogP contribution in [0, 0.1) is 0 Å². The molecule has 9 nitrogen and oxygen atoms in total. The van der Waals surface area contributed by atoms with Gasteiger partial charge in [0.2, 0.25) is 0 Å². The number of rotatable bonds is 5. The van der Waals surface area contributed by atoms with Crippen molar-refractivity contribution in [2.45, 2.75) is 9.79 Å². The molecule has 0 aliphatic rings. The number of nitrogen functional groups attached to an aromatic ring is 1. The van der Waals surface area contributed by atoms with Crippen LogP contribution in [0.4, 0.5) is 5.69 Å². The van der Waals surface area contributed by atoms with Crippen molar-refractivity contribution >= 4 is 47.7 Å². The molecule has 0 aliphatic heterocycles. The third-order valence-corrected chi connectivity index (χ3v) is 9.42. The first kappa shape index (κ1) is 23.0. The lowest BCUT2D eigenvalue weighted by Gasteiger charge is -2.10. The highest BCUT2D eigenvalue weighted by Crippen LogP contribution is 2.35. The summed E-state index contributed by atoms with van der Waals surface area (Å²) in [5.74, 6) is 0. The van der Waals surface area contributed by atoms with E-state index in [1.807, 2.05) is 0 Å². The van der Waals surface area contributed by atoms with Crippen molar-refractivity contribution in [3.8, 4) is 11.1 Å². The number of nitrogens with zero attached hydrogens (tertiary/aromatic N) is 4. The predicted octanol–water partition coefficient (Wildman–Crippen LogP) is 4.11. The standard InChI is InChI=1S/C26H19N5O4S2/c27-24-15-18(16-25-23(24)17-29-31(25)37(34,35)20-9-5-2-6-10-20)21-11-13-28-26-22(21)12-14-30(26)36(32,33)19-7-3-1-4-8-19/h1-17H,27H2. The molecule has 3 aromatic heterocycles. The minimum Gasteiger partial charge on any atom is -0.398 e. The molecule has 6 rings (SSSR count). The second-order valence-corrected chi connectivity index (χ2v) is 11.9. The summed E-state index contributed by atoms with van der Waals surface area (Å²) in [7, 11) is -7.85. The number of anilines is 1. The first-order valence-electron chi connectivity index (χ1n) is 11.1. The summed E-state index contributed by atoms with van der Waals surface area (Å²) in [6.07, 6.45) is 4.38. The highest BCUT2D eigenvalue weighted by atomic mass is 32.2. The highest BCUT2D eigenvalue weighted by Gasteiger charge is 2.23. The Morgan fingerprint density at radius 1 is 0.730 bits per heavy atom. The summed E-state index contributed by atoms with van der Waals surface area (Å²) < 4.78 is 55.2. The number of benzene rings is 3. The van der Waals surface area contributed by atoms with Gasteiger partial charge in [-0.05, 0) is 59.7 Å². The molecule has 11 heteroatoms. The Labute approximate surface area is 212 Å². The van der Waals surface area contributed by atoms with Crippen LogP contribution in [0.25, 0.3) is 33.1 Å². The van der Waals surface area contributed by atoms with Crippen molar-refractivity contribution in [3.05, 3.63) is 104 Å². The van der Waals surface area contributed by atoms with Gasteiger partial charge in [0, 0.05) is 28.9 Å². The van der Waals surface area contributed by atoms with Gasteiger partial charge in [0.1, 0.15) is 0 Å². The number of aromatic nitrogens is 4. The zero-order valence-electron chi connectivity index (χ0n) is 19.1. The van der Waals surface area contributed by atoms with Gasteiger partial charge in [-0.2, -0.15) is 17.6 Å². The molecule has 0 fully saturated rings. The zero-order chi connectivity index (χ0) is 25.8. The molecular weight excluding hydrogens is 510 g/mol. The van der Waals surface area contributed by atoms with Gasteiger partial charge < -0.3 is 5.73 Å². The molecule has 0 atom stereocenters. The van der Waals surface area contributed by atoms with Gasteiger partial charge in [0.25, 0.3) is 20.0 Å². The Balaban J connectivity index is 1.54. The lowest BCUT2D eigenvalue weighted by molar-refractivity contribution is 0.582. The summed E-state index contributed by atoms with van der Waals surface area (Å²) in [5.41, 5.74) is 8.44. The van der Waals surface area contributed by atoms with Gasteiger partial charge in [-0.15, -0.1) is 0 Å². The Bertz CT molecular complexity index is 2020. The van der Waals surface area contributed by atoms with E-state index in [1.165, 1.54) is 42.9 Å². The average molecular weight is 530 g/mol. The van der Waals surface area contributed by atoms with E-state index in [2.05, 4.69) is 10.1 Å². The van der Waals surface area contributed by atoms with E-state index in [0.29, 0.717) is 33.1 Å². The van der Waals surface area contributed by atoms with Gasteiger partial charge >= 0.3 is 0 Å². The monoisotopic (exact) mass is 529 g/mol. The molecule has 0 amide bonds. The lowest BCUT2D eigenvalue weighted by atomic mass is 10.0. The number of nitrogens with two attached hydrogens (primary N) is 1. The van der Waals surface area contributed by atoms with Crippen LogP contribution < -0.4 is 5.73 Å². The molecule has 0 spiro atoms. The Morgan fingerprint density at radius 3 is 2.05 bits per heavy atom.